The second-order valence-electron chi connectivity index (χ2n) is 8.33. The van der Waals surface area contributed by atoms with E-state index in [1.165, 1.54) is 11.3 Å². The van der Waals surface area contributed by atoms with E-state index in [1.807, 2.05) is 0 Å². The van der Waals surface area contributed by atoms with Crippen LogP contribution in [0, 0.1) is 12.8 Å². The lowest BCUT2D eigenvalue weighted by Gasteiger charge is -2.30. The Morgan fingerprint density at radius 1 is 1.23 bits per heavy atom. The first-order chi connectivity index (χ1) is 15.0. The van der Waals surface area contributed by atoms with Gasteiger partial charge in [-0.2, -0.15) is 0 Å². The van der Waals surface area contributed by atoms with Crippen LogP contribution in [0.25, 0.3) is 0 Å². The van der Waals surface area contributed by atoms with Crippen LogP contribution in [-0.2, 0) is 4.79 Å². The summed E-state index contributed by atoms with van der Waals surface area (Å²) in [7, 11) is 0. The maximum atomic E-state index is 11.3. The molecule has 7 nitrogen and oxygen atoms in total. The number of unbranched alkanes of at least 4 members (excludes halogenated alkanes) is 1. The number of guanidine groups is 1. The second-order valence-corrected chi connectivity index (χ2v) is 8.33. The van der Waals surface area contributed by atoms with Gasteiger partial charge in [-0.3, -0.25) is 9.79 Å². The molecule has 0 saturated carbocycles. The van der Waals surface area contributed by atoms with Gasteiger partial charge >= 0.3 is 0 Å². The van der Waals surface area contributed by atoms with Crippen molar-refractivity contribution in [1.29, 1.82) is 0 Å². The van der Waals surface area contributed by atoms with Crippen LogP contribution in [0.3, 0.4) is 0 Å². The molecule has 1 aliphatic heterocycles. The lowest BCUT2D eigenvalue weighted by atomic mass is 9.96. The molecule has 0 aliphatic carbocycles. The fraction of sp³-hybridized carbons (Fsp3) is 0.667. The summed E-state index contributed by atoms with van der Waals surface area (Å²) in [6, 6.07) is 8.66. The highest BCUT2D eigenvalue weighted by Crippen LogP contribution is 2.17. The Hall–Kier alpha value is -2.28. The largest absolute Gasteiger partial charge is 0.370 e. The summed E-state index contributed by atoms with van der Waals surface area (Å²) < 4.78 is 0. The smallest absolute Gasteiger partial charge is 0.220 e. The molecule has 31 heavy (non-hydrogen) atoms. The molecule has 0 aromatic heterocycles. The molecule has 0 bridgehead atoms. The normalized spacial score (nSPS) is 15.6. The van der Waals surface area contributed by atoms with Crippen LogP contribution < -0.4 is 21.3 Å². The number of primary amides is 1. The summed E-state index contributed by atoms with van der Waals surface area (Å²) in [5, 5.41) is 6.81. The third-order valence-electron chi connectivity index (χ3n) is 5.91. The number of likely N-dealkylation sites (tertiary alicyclic amines) is 1. The average molecular weight is 431 g/mol. The number of nitrogens with zero attached hydrogens (tertiary/aromatic N) is 3. The van der Waals surface area contributed by atoms with Crippen molar-refractivity contribution in [3.05, 3.63) is 29.8 Å². The van der Waals surface area contributed by atoms with E-state index in [4.69, 9.17) is 10.7 Å². The number of anilines is 1. The van der Waals surface area contributed by atoms with Crippen LogP contribution in [-0.4, -0.2) is 69.1 Å². The van der Waals surface area contributed by atoms with Gasteiger partial charge < -0.3 is 26.2 Å². The lowest BCUT2D eigenvalue weighted by Crippen LogP contribution is -2.41. The Morgan fingerprint density at radius 3 is 2.65 bits per heavy atom. The number of nitrogens with one attached hydrogen (secondary N) is 2. The summed E-state index contributed by atoms with van der Waals surface area (Å²) in [5.74, 6) is 0.826. The van der Waals surface area contributed by atoms with Gasteiger partial charge in [-0.1, -0.05) is 12.1 Å². The molecule has 1 aromatic rings. The highest BCUT2D eigenvalue weighted by molar-refractivity contribution is 5.79. The maximum Gasteiger partial charge on any atom is 0.220 e. The van der Waals surface area contributed by atoms with Gasteiger partial charge in [0.1, 0.15) is 0 Å². The highest BCUT2D eigenvalue weighted by atomic mass is 16.1. The minimum atomic E-state index is -0.140. The van der Waals surface area contributed by atoms with Crippen LogP contribution >= 0.6 is 0 Å². The van der Waals surface area contributed by atoms with Crippen molar-refractivity contribution in [2.45, 2.75) is 46.5 Å². The molecule has 0 radical (unpaired) electrons. The number of aryl methyl sites for hydroxylation is 1. The summed E-state index contributed by atoms with van der Waals surface area (Å²) in [4.78, 5) is 20.8. The number of rotatable bonds is 12. The van der Waals surface area contributed by atoms with Crippen molar-refractivity contribution in [1.82, 2.24) is 15.5 Å². The zero-order chi connectivity index (χ0) is 22.5. The van der Waals surface area contributed by atoms with Gasteiger partial charge in [-0.15, -0.1) is 0 Å². The van der Waals surface area contributed by atoms with Gasteiger partial charge in [0.2, 0.25) is 5.91 Å². The summed E-state index contributed by atoms with van der Waals surface area (Å²) >= 11 is 0. The van der Waals surface area contributed by atoms with Crippen molar-refractivity contribution >= 4 is 17.6 Å². The standard InChI is InChI=1S/C24H42N6O/c1-4-26-24(28-14-18-30(5-2)22-10-8-9-20(3)19-22)27-13-6-7-15-29-16-11-21(12-17-29)23(25)31/h8-10,19,21H,4-7,11-18H2,1-3H3,(H2,25,31)(H2,26,27,28). The van der Waals surface area contributed by atoms with Crippen molar-refractivity contribution in [3.8, 4) is 0 Å². The molecule has 1 aliphatic rings. The van der Waals surface area contributed by atoms with E-state index in [0.717, 1.165) is 84.0 Å². The molecule has 1 saturated heterocycles. The molecule has 0 spiro atoms. The van der Waals surface area contributed by atoms with Crippen LogP contribution in [0.1, 0.15) is 45.1 Å². The first-order valence-corrected chi connectivity index (χ1v) is 11.9. The first-order valence-electron chi connectivity index (χ1n) is 11.9. The molecule has 0 atom stereocenters. The van der Waals surface area contributed by atoms with E-state index < -0.39 is 0 Å². The molecular formula is C24H42N6O. The molecule has 2 rings (SSSR count). The molecule has 7 heteroatoms. The zero-order valence-corrected chi connectivity index (χ0v) is 19.7. The molecule has 1 heterocycles. The van der Waals surface area contributed by atoms with Gasteiger partial charge in [0.05, 0.1) is 0 Å². The molecule has 1 amide bonds. The fourth-order valence-electron chi connectivity index (χ4n) is 4.02. The molecule has 1 aromatic carbocycles. The van der Waals surface area contributed by atoms with Crippen molar-refractivity contribution < 1.29 is 4.79 Å². The van der Waals surface area contributed by atoms with Crippen LogP contribution in [0.4, 0.5) is 5.69 Å². The van der Waals surface area contributed by atoms with E-state index in [9.17, 15) is 4.79 Å². The average Bonchev–Trinajstić information content (AvgIpc) is 2.76. The number of carbonyl (C=O) groups excluding carboxylic acids is 1. The molecule has 1 fully saturated rings. The summed E-state index contributed by atoms with van der Waals surface area (Å²) in [6.45, 7) is 13.9. The molecular weight excluding hydrogens is 388 g/mol. The van der Waals surface area contributed by atoms with E-state index in [-0.39, 0.29) is 11.8 Å². The Balaban J connectivity index is 1.67. The zero-order valence-electron chi connectivity index (χ0n) is 19.7. The van der Waals surface area contributed by atoms with Crippen LogP contribution in [0.5, 0.6) is 0 Å². The van der Waals surface area contributed by atoms with Crippen LogP contribution in [0.15, 0.2) is 29.3 Å². The number of carbonyl (C=O) groups is 1. The van der Waals surface area contributed by atoms with Crippen molar-refractivity contribution in [2.75, 3.05) is 57.3 Å². The molecule has 174 valence electrons. The van der Waals surface area contributed by atoms with Gasteiger partial charge in [0.15, 0.2) is 5.96 Å². The van der Waals surface area contributed by atoms with E-state index in [1.54, 1.807) is 0 Å². The van der Waals surface area contributed by atoms with E-state index in [0.29, 0.717) is 0 Å². The Bertz CT molecular complexity index is 684. The Kier molecular flexibility index (Phi) is 11.2. The number of nitrogens with two attached hydrogens (primary N) is 1. The monoisotopic (exact) mass is 430 g/mol. The topological polar surface area (TPSA) is 86.0 Å². The predicted molar refractivity (Wildman–Crippen MR) is 131 cm³/mol. The quantitative estimate of drug-likeness (QED) is 0.269. The first kappa shape index (κ1) is 25.0. The molecule has 0 unspecified atom stereocenters. The summed E-state index contributed by atoms with van der Waals surface area (Å²) in [5.41, 5.74) is 7.97. The Morgan fingerprint density at radius 2 is 2.00 bits per heavy atom. The van der Waals surface area contributed by atoms with Gasteiger partial charge in [0.25, 0.3) is 0 Å². The molecule has 4 N–H and O–H groups in total. The highest BCUT2D eigenvalue weighted by Gasteiger charge is 2.22. The van der Waals surface area contributed by atoms with Gasteiger partial charge in [-0.25, -0.2) is 0 Å². The minimum absolute atomic E-state index is 0.0733. The lowest BCUT2D eigenvalue weighted by molar-refractivity contribution is -0.123. The number of benzene rings is 1. The number of piperidine rings is 1. The SMILES string of the molecule is CCNC(=NCCCCN1CCC(C(N)=O)CC1)NCCN(CC)c1cccc(C)c1. The van der Waals surface area contributed by atoms with Crippen molar-refractivity contribution in [3.63, 3.8) is 0 Å². The van der Waals surface area contributed by atoms with E-state index >= 15 is 0 Å². The van der Waals surface area contributed by atoms with Crippen molar-refractivity contribution in [2.24, 2.45) is 16.6 Å². The number of likely N-dealkylation sites (N-methyl/N-ethyl adjacent to an activating group) is 1. The number of hydrogen-bond donors (Lipinski definition) is 3. The number of amides is 1. The van der Waals surface area contributed by atoms with Crippen LogP contribution in [0.2, 0.25) is 0 Å². The second kappa shape index (κ2) is 13.9. The number of hydrogen-bond acceptors (Lipinski definition) is 4. The maximum absolute atomic E-state index is 11.3. The third kappa shape index (κ3) is 9.17. The summed E-state index contributed by atoms with van der Waals surface area (Å²) in [6.07, 6.45) is 4.00. The Labute approximate surface area is 188 Å². The predicted octanol–water partition coefficient (Wildman–Crippen LogP) is 2.35. The number of aliphatic imine (C=N–C) groups is 1. The fourth-order valence-corrected chi connectivity index (χ4v) is 4.02. The van der Waals surface area contributed by atoms with Gasteiger partial charge in [0, 0.05) is 44.3 Å². The van der Waals surface area contributed by atoms with E-state index in [2.05, 4.69) is 65.5 Å². The minimum Gasteiger partial charge on any atom is -0.370 e. The third-order valence-corrected chi connectivity index (χ3v) is 5.91. The van der Waals surface area contributed by atoms with Gasteiger partial charge in [-0.05, 0) is 83.8 Å².